The van der Waals surface area contributed by atoms with Gasteiger partial charge in [0, 0.05) is 11.6 Å². The molecule has 0 bridgehead atoms. The van der Waals surface area contributed by atoms with Crippen LogP contribution < -0.4 is 15.4 Å². The molecule has 1 aliphatic rings. The zero-order valence-corrected chi connectivity index (χ0v) is 14.3. The summed E-state index contributed by atoms with van der Waals surface area (Å²) in [7, 11) is 1.63. The molecule has 0 spiro atoms. The molecule has 1 fully saturated rings. The molecule has 1 amide bonds. The van der Waals surface area contributed by atoms with Crippen LogP contribution in [0, 0.1) is 5.92 Å². The Bertz CT molecular complexity index is 697. The van der Waals surface area contributed by atoms with Crippen LogP contribution in [0.15, 0.2) is 48.5 Å². The fourth-order valence-electron chi connectivity index (χ4n) is 2.98. The summed E-state index contributed by atoms with van der Waals surface area (Å²) in [4.78, 5) is 12.6. The Morgan fingerprint density at radius 3 is 2.62 bits per heavy atom. The van der Waals surface area contributed by atoms with E-state index < -0.39 is 0 Å². The van der Waals surface area contributed by atoms with Gasteiger partial charge in [-0.15, -0.1) is 0 Å². The van der Waals surface area contributed by atoms with Gasteiger partial charge >= 0.3 is 0 Å². The van der Waals surface area contributed by atoms with Crippen LogP contribution in [-0.2, 0) is 4.79 Å². The number of nitrogens with one attached hydrogen (secondary N) is 2. The lowest BCUT2D eigenvalue weighted by atomic mass is 9.97. The maximum absolute atomic E-state index is 12.6. The number of methoxy groups -OCH3 is 1. The van der Waals surface area contributed by atoms with Crippen molar-refractivity contribution in [1.82, 2.24) is 10.6 Å². The van der Waals surface area contributed by atoms with Gasteiger partial charge in [0.05, 0.1) is 19.1 Å². The SMILES string of the molecule is COc1ccc([C@H](NC(=O)[C@H]2CCNC2)c2ccccc2Cl)cc1. The molecule has 1 saturated heterocycles. The molecule has 24 heavy (non-hydrogen) atoms. The minimum atomic E-state index is -0.280. The highest BCUT2D eigenvalue weighted by Crippen LogP contribution is 2.30. The van der Waals surface area contributed by atoms with Gasteiger partial charge in [-0.25, -0.2) is 0 Å². The molecule has 0 saturated carbocycles. The molecule has 1 aliphatic heterocycles. The van der Waals surface area contributed by atoms with E-state index in [1.54, 1.807) is 7.11 Å². The highest BCUT2D eigenvalue weighted by atomic mass is 35.5. The molecule has 0 unspecified atom stereocenters. The van der Waals surface area contributed by atoms with E-state index in [2.05, 4.69) is 10.6 Å². The molecule has 2 aromatic rings. The summed E-state index contributed by atoms with van der Waals surface area (Å²) in [5, 5.41) is 7.04. The van der Waals surface area contributed by atoms with Gasteiger partial charge < -0.3 is 15.4 Å². The molecule has 5 heteroatoms. The summed E-state index contributed by atoms with van der Waals surface area (Å²) in [5.74, 6) is 0.844. The molecule has 126 valence electrons. The fourth-order valence-corrected chi connectivity index (χ4v) is 3.23. The van der Waals surface area contributed by atoms with E-state index in [1.807, 2.05) is 48.5 Å². The number of halogens is 1. The van der Waals surface area contributed by atoms with E-state index in [1.165, 1.54) is 0 Å². The molecule has 3 rings (SSSR count). The van der Waals surface area contributed by atoms with E-state index in [0.29, 0.717) is 5.02 Å². The Morgan fingerprint density at radius 2 is 2.00 bits per heavy atom. The van der Waals surface area contributed by atoms with Gasteiger partial charge in [-0.3, -0.25) is 4.79 Å². The standard InChI is InChI=1S/C19H21ClN2O2/c1-24-15-8-6-13(7-9-15)18(16-4-2-3-5-17(16)20)22-19(23)14-10-11-21-12-14/h2-9,14,18,21H,10-12H2,1H3,(H,22,23)/t14-,18-/m0/s1. The Balaban J connectivity index is 1.90. The monoisotopic (exact) mass is 344 g/mol. The Labute approximate surface area is 147 Å². The quantitative estimate of drug-likeness (QED) is 0.876. The van der Waals surface area contributed by atoms with Crippen molar-refractivity contribution in [2.75, 3.05) is 20.2 Å². The van der Waals surface area contributed by atoms with Gasteiger partial charge in [-0.1, -0.05) is 41.9 Å². The summed E-state index contributed by atoms with van der Waals surface area (Å²) >= 11 is 6.38. The number of carbonyl (C=O) groups is 1. The van der Waals surface area contributed by atoms with E-state index >= 15 is 0 Å². The lowest BCUT2D eigenvalue weighted by Gasteiger charge is -2.23. The summed E-state index contributed by atoms with van der Waals surface area (Å²) in [5.41, 5.74) is 1.87. The second-order valence-corrected chi connectivity index (χ2v) is 6.33. The van der Waals surface area contributed by atoms with Crippen LogP contribution in [0.25, 0.3) is 0 Å². The summed E-state index contributed by atoms with van der Waals surface area (Å²) in [6, 6.07) is 15.0. The van der Waals surface area contributed by atoms with Crippen molar-refractivity contribution in [2.24, 2.45) is 5.92 Å². The molecule has 0 aliphatic carbocycles. The first-order chi connectivity index (χ1) is 11.7. The van der Waals surface area contributed by atoms with Crippen LogP contribution in [0.3, 0.4) is 0 Å². The van der Waals surface area contributed by atoms with Crippen LogP contribution in [-0.4, -0.2) is 26.1 Å². The lowest BCUT2D eigenvalue weighted by Crippen LogP contribution is -2.35. The number of carbonyl (C=O) groups excluding carboxylic acids is 1. The van der Waals surface area contributed by atoms with E-state index in [4.69, 9.17) is 16.3 Å². The van der Waals surface area contributed by atoms with Crippen LogP contribution in [0.5, 0.6) is 5.75 Å². The second kappa shape index (κ2) is 7.69. The third kappa shape index (κ3) is 3.71. The van der Waals surface area contributed by atoms with Crippen molar-refractivity contribution in [3.8, 4) is 5.75 Å². The van der Waals surface area contributed by atoms with Crippen molar-refractivity contribution in [3.05, 3.63) is 64.7 Å². The molecular formula is C19H21ClN2O2. The second-order valence-electron chi connectivity index (χ2n) is 5.93. The molecule has 4 nitrogen and oxygen atoms in total. The highest BCUT2D eigenvalue weighted by molar-refractivity contribution is 6.31. The Kier molecular flexibility index (Phi) is 5.38. The summed E-state index contributed by atoms with van der Waals surface area (Å²) < 4.78 is 5.22. The van der Waals surface area contributed by atoms with E-state index in [9.17, 15) is 4.79 Å². The van der Waals surface area contributed by atoms with Gasteiger partial charge in [0.15, 0.2) is 0 Å². The predicted molar refractivity (Wildman–Crippen MR) is 95.4 cm³/mol. The fraction of sp³-hybridized carbons (Fsp3) is 0.316. The van der Waals surface area contributed by atoms with Crippen LogP contribution in [0.2, 0.25) is 5.02 Å². The van der Waals surface area contributed by atoms with Gasteiger partial charge in [-0.05, 0) is 42.3 Å². The van der Waals surface area contributed by atoms with Crippen LogP contribution in [0.1, 0.15) is 23.6 Å². The molecule has 2 atom stereocenters. The lowest BCUT2D eigenvalue weighted by molar-refractivity contribution is -0.124. The van der Waals surface area contributed by atoms with Gasteiger partial charge in [-0.2, -0.15) is 0 Å². The molecule has 0 radical (unpaired) electrons. The first-order valence-corrected chi connectivity index (χ1v) is 8.46. The highest BCUT2D eigenvalue weighted by Gasteiger charge is 2.26. The molecule has 1 heterocycles. The molecule has 0 aromatic heterocycles. The minimum Gasteiger partial charge on any atom is -0.497 e. The maximum Gasteiger partial charge on any atom is 0.225 e. The Hall–Kier alpha value is -2.04. The van der Waals surface area contributed by atoms with Gasteiger partial charge in [0.25, 0.3) is 0 Å². The normalized spacial score (nSPS) is 18.2. The number of ether oxygens (including phenoxy) is 1. The van der Waals surface area contributed by atoms with Crippen LogP contribution in [0.4, 0.5) is 0 Å². The first kappa shape index (κ1) is 16.8. The van der Waals surface area contributed by atoms with Gasteiger partial charge in [0.2, 0.25) is 5.91 Å². The zero-order chi connectivity index (χ0) is 16.9. The van der Waals surface area contributed by atoms with Crippen molar-refractivity contribution in [3.63, 3.8) is 0 Å². The number of amides is 1. The van der Waals surface area contributed by atoms with E-state index in [0.717, 1.165) is 36.4 Å². The smallest absolute Gasteiger partial charge is 0.225 e. The van der Waals surface area contributed by atoms with Crippen molar-refractivity contribution in [1.29, 1.82) is 0 Å². The Morgan fingerprint density at radius 1 is 1.25 bits per heavy atom. The van der Waals surface area contributed by atoms with Crippen molar-refractivity contribution < 1.29 is 9.53 Å². The zero-order valence-electron chi connectivity index (χ0n) is 13.6. The number of hydrogen-bond acceptors (Lipinski definition) is 3. The first-order valence-electron chi connectivity index (χ1n) is 8.08. The average Bonchev–Trinajstić information content (AvgIpc) is 3.15. The largest absolute Gasteiger partial charge is 0.497 e. The van der Waals surface area contributed by atoms with Crippen molar-refractivity contribution >= 4 is 17.5 Å². The third-order valence-corrected chi connectivity index (χ3v) is 4.73. The summed E-state index contributed by atoms with van der Waals surface area (Å²) in [6.45, 7) is 1.61. The predicted octanol–water partition coefficient (Wildman–Crippen LogP) is 3.16. The molecule has 2 aromatic carbocycles. The van der Waals surface area contributed by atoms with E-state index in [-0.39, 0.29) is 17.9 Å². The minimum absolute atomic E-state index is 0.00763. The molecular weight excluding hydrogens is 324 g/mol. The maximum atomic E-state index is 12.6. The topological polar surface area (TPSA) is 50.4 Å². The number of rotatable bonds is 5. The van der Waals surface area contributed by atoms with Gasteiger partial charge in [0.1, 0.15) is 5.75 Å². The third-order valence-electron chi connectivity index (χ3n) is 4.38. The number of hydrogen-bond donors (Lipinski definition) is 2. The van der Waals surface area contributed by atoms with Crippen LogP contribution >= 0.6 is 11.6 Å². The molecule has 2 N–H and O–H groups in total. The summed E-state index contributed by atoms with van der Waals surface area (Å²) in [6.07, 6.45) is 0.865. The number of benzene rings is 2. The average molecular weight is 345 g/mol. The van der Waals surface area contributed by atoms with Crippen molar-refractivity contribution in [2.45, 2.75) is 12.5 Å².